The first-order valence-corrected chi connectivity index (χ1v) is 8.67. The molecule has 2 heterocycles. The zero-order valence-corrected chi connectivity index (χ0v) is 13.5. The van der Waals surface area contributed by atoms with Crippen LogP contribution in [0.4, 0.5) is 0 Å². The van der Waals surface area contributed by atoms with Gasteiger partial charge in [-0.2, -0.15) is 5.10 Å². The van der Waals surface area contributed by atoms with Gasteiger partial charge in [0.2, 0.25) is 0 Å². The quantitative estimate of drug-likeness (QED) is 0.830. The number of hydrogen-bond acceptors (Lipinski definition) is 4. The highest BCUT2D eigenvalue weighted by Crippen LogP contribution is 2.34. The molecule has 2 unspecified atom stereocenters. The Kier molecular flexibility index (Phi) is 3.91. The van der Waals surface area contributed by atoms with Crippen LogP contribution in [0.15, 0.2) is 12.3 Å². The fraction of sp³-hybridized carbons (Fsp3) is 0.588. The molecule has 1 aliphatic carbocycles. The van der Waals surface area contributed by atoms with E-state index in [1.807, 2.05) is 4.68 Å². The summed E-state index contributed by atoms with van der Waals surface area (Å²) in [5.41, 5.74) is 3.96. The zero-order chi connectivity index (χ0) is 16.0. The number of nitrogens with zero attached hydrogens (tertiary/aromatic N) is 2. The van der Waals surface area contributed by atoms with E-state index in [9.17, 15) is 10.0 Å². The average Bonchev–Trinajstić information content (AvgIpc) is 2.97. The zero-order valence-electron chi connectivity index (χ0n) is 13.5. The molecule has 1 aromatic carbocycles. The van der Waals surface area contributed by atoms with Crippen molar-refractivity contribution in [3.63, 3.8) is 0 Å². The highest BCUT2D eigenvalue weighted by atomic mass is 16.5. The number of hydrogen-bond donors (Lipinski definition) is 2. The van der Waals surface area contributed by atoms with Gasteiger partial charge < -0.3 is 14.8 Å². The van der Waals surface area contributed by atoms with E-state index >= 15 is 0 Å². The minimum Gasteiger partial charge on any atom is -0.423 e. The minimum atomic E-state index is -1.46. The Bertz CT molecular complexity index is 722. The molecule has 0 spiro atoms. The maximum absolute atomic E-state index is 10.0. The Morgan fingerprint density at radius 1 is 1.26 bits per heavy atom. The summed E-state index contributed by atoms with van der Waals surface area (Å²) in [4.78, 5) is 0. The first-order chi connectivity index (χ1) is 11.2. The van der Waals surface area contributed by atoms with E-state index in [-0.39, 0.29) is 6.23 Å². The maximum atomic E-state index is 10.0. The summed E-state index contributed by atoms with van der Waals surface area (Å²) >= 11 is 0. The molecule has 6 heteroatoms. The van der Waals surface area contributed by atoms with Gasteiger partial charge in [0.25, 0.3) is 0 Å². The monoisotopic (exact) mass is 314 g/mol. The highest BCUT2D eigenvalue weighted by Gasteiger charge is 2.30. The third kappa shape index (κ3) is 2.49. The molecule has 0 saturated carbocycles. The topological polar surface area (TPSA) is 67.5 Å². The third-order valence-corrected chi connectivity index (χ3v) is 5.33. The van der Waals surface area contributed by atoms with E-state index < -0.39 is 7.12 Å². The molecule has 0 bridgehead atoms. The van der Waals surface area contributed by atoms with Crippen molar-refractivity contribution >= 4 is 23.5 Å². The summed E-state index contributed by atoms with van der Waals surface area (Å²) in [6, 6.07) is 2.19. The van der Waals surface area contributed by atoms with Crippen molar-refractivity contribution in [2.24, 2.45) is 0 Å². The summed E-state index contributed by atoms with van der Waals surface area (Å²) in [5.74, 6) is 0.356. The molecule has 1 aliphatic heterocycles. The summed E-state index contributed by atoms with van der Waals surface area (Å²) < 4.78 is 7.80. The number of aryl methyl sites for hydroxylation is 1. The van der Waals surface area contributed by atoms with E-state index in [0.29, 0.717) is 11.4 Å². The predicted octanol–water partition coefficient (Wildman–Crippen LogP) is 1.85. The number of fused-ring (bicyclic) bond motifs is 2. The normalized spacial score (nSPS) is 24.7. The fourth-order valence-electron chi connectivity index (χ4n) is 4.24. The molecule has 5 nitrogen and oxygen atoms in total. The third-order valence-electron chi connectivity index (χ3n) is 5.33. The van der Waals surface area contributed by atoms with E-state index in [0.717, 1.165) is 61.6 Å². The SMILES string of the molecule is CC1CCCc2cc3c(cnn3C3CCCCO3)c(B(O)O)c21. The molecule has 2 aromatic rings. The van der Waals surface area contributed by atoms with Crippen molar-refractivity contribution in [1.82, 2.24) is 9.78 Å². The van der Waals surface area contributed by atoms with Gasteiger partial charge in [-0.15, -0.1) is 0 Å². The fourth-order valence-corrected chi connectivity index (χ4v) is 4.24. The van der Waals surface area contributed by atoms with Crippen molar-refractivity contribution in [3.8, 4) is 0 Å². The van der Waals surface area contributed by atoms with Crippen molar-refractivity contribution in [1.29, 1.82) is 0 Å². The Labute approximate surface area is 136 Å². The summed E-state index contributed by atoms with van der Waals surface area (Å²) in [7, 11) is -1.46. The average molecular weight is 314 g/mol. The van der Waals surface area contributed by atoms with Crippen LogP contribution in [0.1, 0.15) is 62.3 Å². The highest BCUT2D eigenvalue weighted by molar-refractivity contribution is 6.62. The van der Waals surface area contributed by atoms with Crippen LogP contribution in [0, 0.1) is 0 Å². The standard InChI is InChI=1S/C17H23BN2O3/c1-11-5-4-6-12-9-14-13(17(16(11)12)18(21)22)10-19-20(14)15-7-2-3-8-23-15/h9-11,15,21-22H,2-8H2,1H3. The smallest absolute Gasteiger partial charge is 0.423 e. The van der Waals surface area contributed by atoms with E-state index in [1.165, 1.54) is 5.56 Å². The van der Waals surface area contributed by atoms with Gasteiger partial charge in [-0.3, -0.25) is 0 Å². The molecular weight excluding hydrogens is 291 g/mol. The second kappa shape index (κ2) is 5.93. The van der Waals surface area contributed by atoms with E-state index in [4.69, 9.17) is 4.74 Å². The van der Waals surface area contributed by atoms with Gasteiger partial charge in [0.1, 0.15) is 0 Å². The molecule has 2 atom stereocenters. The van der Waals surface area contributed by atoms with Crippen LogP contribution in [0.2, 0.25) is 0 Å². The second-order valence-corrected chi connectivity index (χ2v) is 6.87. The van der Waals surface area contributed by atoms with Gasteiger partial charge in [-0.25, -0.2) is 4.68 Å². The minimum absolute atomic E-state index is 0.0380. The lowest BCUT2D eigenvalue weighted by Crippen LogP contribution is -2.36. The van der Waals surface area contributed by atoms with Crippen molar-refractivity contribution < 1.29 is 14.8 Å². The molecule has 1 aromatic heterocycles. The lowest BCUT2D eigenvalue weighted by molar-refractivity contribution is -0.0366. The van der Waals surface area contributed by atoms with Gasteiger partial charge in [0.05, 0.1) is 11.7 Å². The Balaban J connectivity index is 1.91. The van der Waals surface area contributed by atoms with Gasteiger partial charge >= 0.3 is 7.12 Å². The maximum Gasteiger partial charge on any atom is 0.489 e. The van der Waals surface area contributed by atoms with Gasteiger partial charge in [0.15, 0.2) is 6.23 Å². The van der Waals surface area contributed by atoms with Crippen LogP contribution in [-0.2, 0) is 11.2 Å². The van der Waals surface area contributed by atoms with Crippen LogP contribution >= 0.6 is 0 Å². The second-order valence-electron chi connectivity index (χ2n) is 6.87. The van der Waals surface area contributed by atoms with Crippen LogP contribution in [0.25, 0.3) is 10.9 Å². The van der Waals surface area contributed by atoms with Crippen LogP contribution < -0.4 is 5.46 Å². The lowest BCUT2D eigenvalue weighted by atomic mass is 9.68. The van der Waals surface area contributed by atoms with Gasteiger partial charge in [-0.05, 0) is 67.1 Å². The molecule has 2 aliphatic rings. The van der Waals surface area contributed by atoms with Crippen LogP contribution in [0.3, 0.4) is 0 Å². The first-order valence-electron chi connectivity index (χ1n) is 8.67. The Hall–Kier alpha value is -1.37. The van der Waals surface area contributed by atoms with E-state index in [2.05, 4.69) is 18.1 Å². The molecule has 1 fully saturated rings. The number of benzene rings is 1. The molecule has 122 valence electrons. The number of rotatable bonds is 2. The number of ether oxygens (including phenoxy) is 1. The molecule has 23 heavy (non-hydrogen) atoms. The van der Waals surface area contributed by atoms with Crippen molar-refractivity contribution in [3.05, 3.63) is 23.4 Å². The lowest BCUT2D eigenvalue weighted by Gasteiger charge is -2.27. The predicted molar refractivity (Wildman–Crippen MR) is 89.8 cm³/mol. The molecule has 0 amide bonds. The Morgan fingerprint density at radius 2 is 2.13 bits per heavy atom. The molecule has 4 rings (SSSR count). The van der Waals surface area contributed by atoms with Crippen LogP contribution in [0.5, 0.6) is 0 Å². The summed E-state index contributed by atoms with van der Waals surface area (Å²) in [6.07, 6.45) is 8.17. The molecule has 0 radical (unpaired) electrons. The molecular formula is C17H23BN2O3. The van der Waals surface area contributed by atoms with Crippen molar-refractivity contribution in [2.45, 2.75) is 57.6 Å². The molecule has 2 N–H and O–H groups in total. The van der Waals surface area contributed by atoms with E-state index in [1.54, 1.807) is 6.20 Å². The number of aromatic nitrogens is 2. The Morgan fingerprint density at radius 3 is 2.87 bits per heavy atom. The summed E-state index contributed by atoms with van der Waals surface area (Å²) in [6.45, 7) is 2.94. The summed E-state index contributed by atoms with van der Waals surface area (Å²) in [5, 5.41) is 25.4. The first kappa shape index (κ1) is 15.2. The van der Waals surface area contributed by atoms with Crippen LogP contribution in [-0.4, -0.2) is 33.6 Å². The molecule has 1 saturated heterocycles. The van der Waals surface area contributed by atoms with Crippen molar-refractivity contribution in [2.75, 3.05) is 6.61 Å². The largest absolute Gasteiger partial charge is 0.489 e. The van der Waals surface area contributed by atoms with Gasteiger partial charge in [0, 0.05) is 12.0 Å². The van der Waals surface area contributed by atoms with Gasteiger partial charge in [-0.1, -0.05) is 6.92 Å².